The number of benzene rings is 1. The number of carbonyl (C=O) groups excluding carboxylic acids is 1. The van der Waals surface area contributed by atoms with E-state index in [1.54, 1.807) is 13.8 Å². The van der Waals surface area contributed by atoms with Crippen LogP contribution in [-0.2, 0) is 11.3 Å². The van der Waals surface area contributed by atoms with Gasteiger partial charge in [-0.3, -0.25) is 9.69 Å². The molecule has 3 N–H and O–H groups in total. The summed E-state index contributed by atoms with van der Waals surface area (Å²) in [6.07, 6.45) is 0.973. The SMILES string of the molecule is CC(C)(N)C(=O)NCCCN1CCN(Cc2ccccc2)CC1.Cl.Cl.Cl. The Labute approximate surface area is 176 Å². The van der Waals surface area contributed by atoms with Crippen molar-refractivity contribution >= 4 is 43.1 Å². The van der Waals surface area contributed by atoms with Gasteiger partial charge in [0.1, 0.15) is 0 Å². The molecule has 0 saturated carbocycles. The number of halogens is 3. The Hall–Kier alpha value is -0.560. The van der Waals surface area contributed by atoms with Crippen molar-refractivity contribution < 1.29 is 4.79 Å². The molecule has 1 heterocycles. The Kier molecular flexibility index (Phi) is 14.5. The second-order valence-corrected chi connectivity index (χ2v) is 6.93. The van der Waals surface area contributed by atoms with E-state index in [1.165, 1.54) is 5.56 Å². The van der Waals surface area contributed by atoms with Crippen LogP contribution in [0, 0.1) is 0 Å². The van der Waals surface area contributed by atoms with E-state index < -0.39 is 5.54 Å². The first-order chi connectivity index (χ1) is 10.9. The number of hydrogen-bond donors (Lipinski definition) is 2. The van der Waals surface area contributed by atoms with E-state index in [-0.39, 0.29) is 43.1 Å². The van der Waals surface area contributed by atoms with Crippen molar-refractivity contribution in [3.63, 3.8) is 0 Å². The highest BCUT2D eigenvalue weighted by Gasteiger charge is 2.21. The van der Waals surface area contributed by atoms with E-state index in [0.29, 0.717) is 6.54 Å². The molecule has 1 saturated heterocycles. The molecule has 0 atom stereocenters. The van der Waals surface area contributed by atoms with Gasteiger partial charge in [-0.05, 0) is 32.4 Å². The molecule has 26 heavy (non-hydrogen) atoms. The second-order valence-electron chi connectivity index (χ2n) is 6.93. The van der Waals surface area contributed by atoms with Crippen molar-refractivity contribution in [3.05, 3.63) is 35.9 Å². The van der Waals surface area contributed by atoms with Gasteiger partial charge in [0.05, 0.1) is 5.54 Å². The van der Waals surface area contributed by atoms with E-state index in [9.17, 15) is 4.79 Å². The van der Waals surface area contributed by atoms with Crippen LogP contribution in [-0.4, -0.2) is 60.5 Å². The molecule has 0 unspecified atom stereocenters. The van der Waals surface area contributed by atoms with Crippen molar-refractivity contribution in [2.45, 2.75) is 32.4 Å². The largest absolute Gasteiger partial charge is 0.354 e. The van der Waals surface area contributed by atoms with Crippen LogP contribution in [0.5, 0.6) is 0 Å². The Morgan fingerprint density at radius 1 is 1.04 bits per heavy atom. The zero-order valence-electron chi connectivity index (χ0n) is 15.6. The van der Waals surface area contributed by atoms with Crippen LogP contribution in [0.1, 0.15) is 25.8 Å². The first-order valence-electron chi connectivity index (χ1n) is 8.51. The summed E-state index contributed by atoms with van der Waals surface area (Å²) in [4.78, 5) is 16.7. The van der Waals surface area contributed by atoms with Crippen LogP contribution < -0.4 is 11.1 Å². The molecule has 1 aromatic rings. The lowest BCUT2D eigenvalue weighted by Gasteiger charge is -2.34. The maximum atomic E-state index is 11.7. The molecular formula is C18H33Cl3N4O. The number of nitrogens with one attached hydrogen (secondary N) is 1. The van der Waals surface area contributed by atoms with E-state index in [1.807, 2.05) is 0 Å². The van der Waals surface area contributed by atoms with Gasteiger partial charge in [0, 0.05) is 39.3 Å². The normalized spacial score (nSPS) is 15.2. The highest BCUT2D eigenvalue weighted by atomic mass is 35.5. The van der Waals surface area contributed by atoms with Gasteiger partial charge in [-0.25, -0.2) is 0 Å². The van der Waals surface area contributed by atoms with Gasteiger partial charge in [0.25, 0.3) is 0 Å². The summed E-state index contributed by atoms with van der Waals surface area (Å²) in [6, 6.07) is 10.6. The van der Waals surface area contributed by atoms with Gasteiger partial charge in [-0.15, -0.1) is 37.2 Å². The van der Waals surface area contributed by atoms with Crippen LogP contribution in [0.2, 0.25) is 0 Å². The average molecular weight is 428 g/mol. The van der Waals surface area contributed by atoms with Gasteiger partial charge in [0.15, 0.2) is 0 Å². The minimum absolute atomic E-state index is 0. The van der Waals surface area contributed by atoms with Crippen molar-refractivity contribution in [2.75, 3.05) is 39.3 Å². The smallest absolute Gasteiger partial charge is 0.239 e. The van der Waals surface area contributed by atoms with Crippen LogP contribution in [0.3, 0.4) is 0 Å². The fourth-order valence-corrected chi connectivity index (χ4v) is 2.75. The van der Waals surface area contributed by atoms with Gasteiger partial charge in [-0.1, -0.05) is 30.3 Å². The lowest BCUT2D eigenvalue weighted by Crippen LogP contribution is -2.50. The maximum Gasteiger partial charge on any atom is 0.239 e. The number of rotatable bonds is 7. The van der Waals surface area contributed by atoms with E-state index in [0.717, 1.165) is 45.7 Å². The van der Waals surface area contributed by atoms with Gasteiger partial charge < -0.3 is 16.0 Å². The van der Waals surface area contributed by atoms with E-state index in [4.69, 9.17) is 5.73 Å². The Bertz CT molecular complexity index is 489. The van der Waals surface area contributed by atoms with Crippen molar-refractivity contribution in [1.29, 1.82) is 0 Å². The molecule has 1 amide bonds. The minimum Gasteiger partial charge on any atom is -0.354 e. The molecule has 1 aromatic carbocycles. The molecule has 1 aliphatic rings. The van der Waals surface area contributed by atoms with E-state index in [2.05, 4.69) is 45.4 Å². The summed E-state index contributed by atoms with van der Waals surface area (Å²) in [5, 5.41) is 2.90. The molecule has 0 radical (unpaired) electrons. The predicted octanol–water partition coefficient (Wildman–Crippen LogP) is 2.31. The fourth-order valence-electron chi connectivity index (χ4n) is 2.75. The van der Waals surface area contributed by atoms with E-state index >= 15 is 0 Å². The quantitative estimate of drug-likeness (QED) is 0.656. The molecule has 1 fully saturated rings. The molecule has 8 heteroatoms. The molecular weight excluding hydrogens is 395 g/mol. The topological polar surface area (TPSA) is 61.6 Å². The summed E-state index contributed by atoms with van der Waals surface area (Å²) in [6.45, 7) is 10.6. The molecule has 1 aliphatic heterocycles. The average Bonchev–Trinajstić information content (AvgIpc) is 2.53. The lowest BCUT2D eigenvalue weighted by molar-refractivity contribution is -0.125. The standard InChI is InChI=1S/C18H30N4O.3ClH/c1-18(2,19)17(23)20-9-6-10-21-11-13-22(14-12-21)15-16-7-4-3-5-8-16;;;/h3-5,7-8H,6,9-15,19H2,1-2H3,(H,20,23);3*1H. The van der Waals surface area contributed by atoms with Gasteiger partial charge in [-0.2, -0.15) is 0 Å². The molecule has 0 bridgehead atoms. The number of carbonyl (C=O) groups is 1. The third-order valence-electron chi connectivity index (χ3n) is 4.24. The summed E-state index contributed by atoms with van der Waals surface area (Å²) in [5.41, 5.74) is 6.35. The molecule has 5 nitrogen and oxygen atoms in total. The number of piperazine rings is 1. The van der Waals surface area contributed by atoms with Crippen LogP contribution in [0.15, 0.2) is 30.3 Å². The minimum atomic E-state index is -0.789. The lowest BCUT2D eigenvalue weighted by atomic mass is 10.1. The first kappa shape index (κ1) is 27.7. The Morgan fingerprint density at radius 3 is 2.12 bits per heavy atom. The van der Waals surface area contributed by atoms with Crippen molar-refractivity contribution in [2.24, 2.45) is 5.73 Å². The zero-order valence-corrected chi connectivity index (χ0v) is 18.1. The highest BCUT2D eigenvalue weighted by Crippen LogP contribution is 2.08. The van der Waals surface area contributed by atoms with Gasteiger partial charge in [0.2, 0.25) is 5.91 Å². The summed E-state index contributed by atoms with van der Waals surface area (Å²) in [5.74, 6) is -0.0785. The molecule has 0 aromatic heterocycles. The number of amides is 1. The number of nitrogens with two attached hydrogens (primary N) is 1. The predicted molar refractivity (Wildman–Crippen MR) is 116 cm³/mol. The van der Waals surface area contributed by atoms with Crippen LogP contribution >= 0.6 is 37.2 Å². The molecule has 152 valence electrons. The first-order valence-corrected chi connectivity index (χ1v) is 8.51. The Balaban J connectivity index is 0. The third kappa shape index (κ3) is 9.95. The Morgan fingerprint density at radius 2 is 1.58 bits per heavy atom. The molecule has 0 aliphatic carbocycles. The van der Waals surface area contributed by atoms with Gasteiger partial charge >= 0.3 is 0 Å². The number of hydrogen-bond acceptors (Lipinski definition) is 4. The summed E-state index contributed by atoms with van der Waals surface area (Å²) < 4.78 is 0. The summed E-state index contributed by atoms with van der Waals surface area (Å²) in [7, 11) is 0. The van der Waals surface area contributed by atoms with Crippen LogP contribution in [0.4, 0.5) is 0 Å². The highest BCUT2D eigenvalue weighted by molar-refractivity contribution is 5.86. The monoisotopic (exact) mass is 426 g/mol. The maximum absolute atomic E-state index is 11.7. The molecule has 2 rings (SSSR count). The fraction of sp³-hybridized carbons (Fsp3) is 0.611. The zero-order chi connectivity index (χ0) is 16.7. The second kappa shape index (κ2) is 13.6. The van der Waals surface area contributed by atoms with Crippen LogP contribution in [0.25, 0.3) is 0 Å². The molecule has 0 spiro atoms. The third-order valence-corrected chi connectivity index (χ3v) is 4.24. The number of nitrogens with zero attached hydrogens (tertiary/aromatic N) is 2. The summed E-state index contributed by atoms with van der Waals surface area (Å²) >= 11 is 0. The van der Waals surface area contributed by atoms with Crippen molar-refractivity contribution in [3.8, 4) is 0 Å². The van der Waals surface area contributed by atoms with Crippen molar-refractivity contribution in [1.82, 2.24) is 15.1 Å².